The number of fused-ring (bicyclic) bond motifs is 1. The van der Waals surface area contributed by atoms with Crippen molar-refractivity contribution in [3.05, 3.63) is 98.3 Å². The number of aromatic nitrogens is 2. The van der Waals surface area contributed by atoms with Crippen LogP contribution in [0.4, 0.5) is 4.39 Å². The summed E-state index contributed by atoms with van der Waals surface area (Å²) < 4.78 is 27.0. The van der Waals surface area contributed by atoms with Crippen LogP contribution in [-0.4, -0.2) is 22.1 Å². The molecule has 0 radical (unpaired) electrons. The van der Waals surface area contributed by atoms with Crippen LogP contribution in [0, 0.1) is 5.82 Å². The van der Waals surface area contributed by atoms with E-state index in [0.717, 1.165) is 17.5 Å². The molecule has 222 valence electrons. The Morgan fingerprint density at radius 1 is 1.20 bits per heavy atom. The highest BCUT2D eigenvalue weighted by Crippen LogP contribution is 2.28. The van der Waals surface area contributed by atoms with Gasteiger partial charge in [-0.15, -0.1) is 0 Å². The Morgan fingerprint density at radius 3 is 2.54 bits per heavy atom. The molecule has 1 aliphatic rings. The van der Waals surface area contributed by atoms with Gasteiger partial charge in [0, 0.05) is 23.2 Å². The summed E-state index contributed by atoms with van der Waals surface area (Å²) in [6.45, 7) is 12.3. The van der Waals surface area contributed by atoms with Gasteiger partial charge in [0.05, 0.1) is 13.2 Å². The summed E-state index contributed by atoms with van der Waals surface area (Å²) in [4.78, 5) is 31.4. The van der Waals surface area contributed by atoms with Crippen molar-refractivity contribution in [2.75, 3.05) is 6.61 Å². The van der Waals surface area contributed by atoms with Gasteiger partial charge in [-0.3, -0.25) is 19.3 Å². The zero-order valence-corrected chi connectivity index (χ0v) is 25.3. The number of hydrogen-bond donors (Lipinski definition) is 3. The monoisotopic (exact) mass is 585 g/mol. The van der Waals surface area contributed by atoms with E-state index in [4.69, 9.17) is 20.3 Å². The molecule has 0 atom stereocenters. The van der Waals surface area contributed by atoms with Gasteiger partial charge in [-0.1, -0.05) is 76.0 Å². The lowest BCUT2D eigenvalue weighted by Crippen LogP contribution is -2.43. The first-order valence-corrected chi connectivity index (χ1v) is 14.5. The van der Waals surface area contributed by atoms with Gasteiger partial charge < -0.3 is 20.5 Å². The van der Waals surface area contributed by atoms with E-state index < -0.39 is 22.9 Å². The third-order valence-corrected chi connectivity index (χ3v) is 6.29. The van der Waals surface area contributed by atoms with Crippen molar-refractivity contribution in [2.24, 2.45) is 10.9 Å². The Morgan fingerprint density at radius 2 is 1.88 bits per heavy atom. The molecule has 2 heterocycles. The summed E-state index contributed by atoms with van der Waals surface area (Å²) in [5.41, 5.74) is 6.57. The number of nitrogens with two attached hydrogens (primary N) is 2. The lowest BCUT2D eigenvalue weighted by atomic mass is 10.0. The molecule has 0 saturated heterocycles. The van der Waals surface area contributed by atoms with Gasteiger partial charge in [-0.05, 0) is 37.1 Å². The molecule has 0 fully saturated rings. The summed E-state index contributed by atoms with van der Waals surface area (Å²) in [6.07, 6.45) is 0. The lowest BCUT2D eigenvalue weighted by Gasteiger charge is -2.32. The minimum Gasteiger partial charge on any atom is -0.481 e. The van der Waals surface area contributed by atoms with E-state index in [0.29, 0.717) is 23.6 Å². The molecule has 0 saturated carbocycles. The van der Waals surface area contributed by atoms with Crippen molar-refractivity contribution < 1.29 is 18.7 Å². The normalized spacial score (nSPS) is 13.5. The van der Waals surface area contributed by atoms with Gasteiger partial charge in [0.2, 0.25) is 5.75 Å². The number of nitrogens with zero attached hydrogens (tertiary/aromatic N) is 2. The standard InChI is InChI=1S/C26H28FN5O4S.2C2H6/c1-26(2)25-31-21(23(33)30-13-17-8-9-18(27)12-19(17)20(28)15-37-29)22(24(34)32(25)10-11-36-26)35-14-16-6-4-3-5-7-16;2*1-2/h3-9,12,15H,10-11,13-14,28-29H2,1-2H3,(H,30,33);2*1-2H3/b20-15-;;. The fraction of sp³-hybridized carbons (Fsp3) is 0.367. The number of carbonyl (C=O) groups is 1. The van der Waals surface area contributed by atoms with E-state index in [1.807, 2.05) is 58.0 Å². The topological polar surface area (TPSA) is 134 Å². The van der Waals surface area contributed by atoms with Crippen LogP contribution in [0.1, 0.15) is 74.5 Å². The first kappa shape index (κ1) is 33.5. The molecular weight excluding hydrogens is 545 g/mol. The molecule has 0 spiro atoms. The van der Waals surface area contributed by atoms with Crippen LogP contribution in [0.25, 0.3) is 5.70 Å². The summed E-state index contributed by atoms with van der Waals surface area (Å²) in [6, 6.07) is 13.3. The van der Waals surface area contributed by atoms with E-state index in [1.165, 1.54) is 28.2 Å². The molecule has 41 heavy (non-hydrogen) atoms. The zero-order valence-electron chi connectivity index (χ0n) is 24.5. The first-order chi connectivity index (χ1) is 19.7. The zero-order chi connectivity index (χ0) is 30.6. The van der Waals surface area contributed by atoms with Crippen LogP contribution in [0.3, 0.4) is 0 Å². The summed E-state index contributed by atoms with van der Waals surface area (Å²) in [5, 5.41) is 9.70. The van der Waals surface area contributed by atoms with Gasteiger partial charge >= 0.3 is 0 Å². The minimum atomic E-state index is -0.881. The van der Waals surface area contributed by atoms with Crippen molar-refractivity contribution in [1.29, 1.82) is 0 Å². The van der Waals surface area contributed by atoms with Crippen LogP contribution in [-0.2, 0) is 30.0 Å². The number of carbonyl (C=O) groups excluding carboxylic acids is 1. The summed E-state index contributed by atoms with van der Waals surface area (Å²) in [7, 11) is 0. The lowest BCUT2D eigenvalue weighted by molar-refractivity contribution is -0.0567. The van der Waals surface area contributed by atoms with Crippen LogP contribution in [0.5, 0.6) is 5.75 Å². The number of halogens is 1. The maximum Gasteiger partial charge on any atom is 0.296 e. The van der Waals surface area contributed by atoms with Gasteiger partial charge in [-0.25, -0.2) is 9.37 Å². The second-order valence-corrected chi connectivity index (χ2v) is 9.40. The fourth-order valence-electron chi connectivity index (χ4n) is 4.04. The molecule has 1 aromatic heterocycles. The summed E-state index contributed by atoms with van der Waals surface area (Å²) >= 11 is 0.888. The highest BCUT2D eigenvalue weighted by atomic mass is 32.2. The third-order valence-electron chi connectivity index (χ3n) is 5.90. The van der Waals surface area contributed by atoms with Crippen molar-refractivity contribution in [1.82, 2.24) is 14.9 Å². The largest absolute Gasteiger partial charge is 0.481 e. The minimum absolute atomic E-state index is 0.00363. The number of ether oxygens (including phenoxy) is 2. The first-order valence-electron chi connectivity index (χ1n) is 13.6. The van der Waals surface area contributed by atoms with Gasteiger partial charge in [0.1, 0.15) is 23.8 Å². The van der Waals surface area contributed by atoms with E-state index in [9.17, 15) is 14.0 Å². The molecule has 5 N–H and O–H groups in total. The third kappa shape index (κ3) is 8.42. The van der Waals surface area contributed by atoms with Crippen molar-refractivity contribution in [2.45, 2.75) is 66.8 Å². The molecular formula is C30H40FN5O4S. The summed E-state index contributed by atoms with van der Waals surface area (Å²) in [5.74, 6) is -0.931. The Balaban J connectivity index is 0.00000141. The number of nitrogens with one attached hydrogen (secondary N) is 1. The van der Waals surface area contributed by atoms with Crippen molar-refractivity contribution in [3.8, 4) is 5.75 Å². The van der Waals surface area contributed by atoms with Crippen molar-refractivity contribution >= 4 is 23.6 Å². The van der Waals surface area contributed by atoms with E-state index >= 15 is 0 Å². The molecule has 3 aromatic rings. The molecule has 11 heteroatoms. The van der Waals surface area contributed by atoms with Crippen LogP contribution in [0.2, 0.25) is 0 Å². The van der Waals surface area contributed by atoms with E-state index in [1.54, 1.807) is 13.8 Å². The maximum absolute atomic E-state index is 13.9. The van der Waals surface area contributed by atoms with Gasteiger partial charge in [0.15, 0.2) is 5.69 Å². The smallest absolute Gasteiger partial charge is 0.296 e. The Labute approximate surface area is 245 Å². The fourth-order valence-corrected chi connectivity index (χ4v) is 4.32. The highest BCUT2D eigenvalue weighted by molar-refractivity contribution is 8.00. The number of amides is 1. The molecule has 2 aromatic carbocycles. The molecule has 4 rings (SSSR count). The van der Waals surface area contributed by atoms with Gasteiger partial charge in [0.25, 0.3) is 11.5 Å². The number of benzene rings is 2. The van der Waals surface area contributed by atoms with Crippen molar-refractivity contribution in [3.63, 3.8) is 0 Å². The molecule has 0 bridgehead atoms. The van der Waals surface area contributed by atoms with E-state index in [-0.39, 0.29) is 36.8 Å². The molecule has 0 unspecified atom stereocenters. The maximum atomic E-state index is 13.9. The van der Waals surface area contributed by atoms with E-state index in [2.05, 4.69) is 10.3 Å². The second kappa shape index (κ2) is 15.9. The predicted octanol–water partition coefficient (Wildman–Crippen LogP) is 5.07. The quantitative estimate of drug-likeness (QED) is 0.312. The highest BCUT2D eigenvalue weighted by Gasteiger charge is 2.35. The average molecular weight is 586 g/mol. The predicted molar refractivity (Wildman–Crippen MR) is 162 cm³/mol. The SMILES string of the molecule is CC.CC.CC1(C)OCCn2c1nc(C(=O)NCc1ccc(F)cc1/C(N)=C/SN)c(OCc1ccccc1)c2=O. The Bertz CT molecular complexity index is 1390. The molecule has 0 aliphatic carbocycles. The second-order valence-electron chi connectivity index (χ2n) is 8.90. The molecule has 9 nitrogen and oxygen atoms in total. The van der Waals surface area contributed by atoms with Crippen LogP contribution in [0.15, 0.2) is 58.7 Å². The van der Waals surface area contributed by atoms with Crippen LogP contribution >= 0.6 is 11.9 Å². The number of hydrogen-bond acceptors (Lipinski definition) is 8. The van der Waals surface area contributed by atoms with Gasteiger partial charge in [-0.2, -0.15) is 0 Å². The number of rotatable bonds is 8. The average Bonchev–Trinajstić information content (AvgIpc) is 2.98. The molecule has 1 amide bonds. The Kier molecular flexibility index (Phi) is 13.0. The van der Waals surface area contributed by atoms with Crippen LogP contribution < -0.4 is 26.5 Å². The Hall–Kier alpha value is -3.67. The molecule has 1 aliphatic heterocycles.